The minimum Gasteiger partial charge on any atom is -0.455 e. The Labute approximate surface area is 294 Å². The van der Waals surface area contributed by atoms with Crippen LogP contribution in [0.1, 0.15) is 5.56 Å². The van der Waals surface area contributed by atoms with Crippen LogP contribution >= 0.6 is 0 Å². The Kier molecular flexibility index (Phi) is 7.42. The number of hydrogen-bond donors (Lipinski definition) is 0. The molecule has 0 fully saturated rings. The quantitative estimate of drug-likeness (QED) is 0.177. The van der Waals surface area contributed by atoms with Gasteiger partial charge in [0, 0.05) is 39.2 Å². The number of furan rings is 1. The van der Waals surface area contributed by atoms with E-state index in [1.54, 1.807) is 0 Å². The second-order valence-electron chi connectivity index (χ2n) is 12.2. The van der Waals surface area contributed by atoms with Gasteiger partial charge in [0.05, 0.1) is 22.9 Å². The van der Waals surface area contributed by atoms with E-state index in [2.05, 4.69) is 48.5 Å². The fraction of sp³-hybridized carbons (Fsp3) is 0. The van der Waals surface area contributed by atoms with Crippen LogP contribution in [0.25, 0.3) is 89.6 Å². The summed E-state index contributed by atoms with van der Waals surface area (Å²) in [4.78, 5) is 20.3. The lowest BCUT2D eigenvalue weighted by atomic mass is 9.98. The summed E-state index contributed by atoms with van der Waals surface area (Å²) in [6, 6.07) is 54.5. The summed E-state index contributed by atoms with van der Waals surface area (Å²) < 4.78 is 6.63. The Morgan fingerprint density at radius 1 is 0.471 bits per heavy atom. The molecule has 0 saturated carbocycles. The average molecular weight is 654 g/mol. The van der Waals surface area contributed by atoms with E-state index in [0.29, 0.717) is 28.6 Å². The van der Waals surface area contributed by atoms with Crippen molar-refractivity contribution in [2.75, 3.05) is 0 Å². The molecule has 0 N–H and O–H groups in total. The molecule has 0 atom stereocenters. The third-order valence-corrected chi connectivity index (χ3v) is 9.05. The maximum absolute atomic E-state index is 9.24. The molecule has 0 aliphatic carbocycles. The van der Waals surface area contributed by atoms with E-state index in [9.17, 15) is 5.26 Å². The fourth-order valence-electron chi connectivity index (χ4n) is 6.49. The highest BCUT2D eigenvalue weighted by molar-refractivity contribution is 6.12. The Hall–Kier alpha value is -7.23. The molecule has 0 spiro atoms. The van der Waals surface area contributed by atoms with E-state index in [1.807, 2.05) is 121 Å². The van der Waals surface area contributed by atoms with Crippen LogP contribution in [0.5, 0.6) is 0 Å². The molecule has 9 aromatic rings. The number of hydrogen-bond acceptors (Lipinski definition) is 6. The molecule has 0 aliphatic rings. The first-order valence-electron chi connectivity index (χ1n) is 16.6. The monoisotopic (exact) mass is 653 g/mol. The van der Waals surface area contributed by atoms with Gasteiger partial charge in [-0.3, -0.25) is 4.98 Å². The first-order valence-corrected chi connectivity index (χ1v) is 16.6. The lowest BCUT2D eigenvalue weighted by molar-refractivity contribution is 0.669. The van der Waals surface area contributed by atoms with E-state index in [0.717, 1.165) is 66.6 Å². The molecule has 0 unspecified atom stereocenters. The van der Waals surface area contributed by atoms with Crippen LogP contribution in [0.3, 0.4) is 0 Å². The lowest BCUT2D eigenvalue weighted by Gasteiger charge is -2.13. The zero-order valence-corrected chi connectivity index (χ0v) is 27.2. The first kappa shape index (κ1) is 29.9. The predicted molar refractivity (Wildman–Crippen MR) is 202 cm³/mol. The van der Waals surface area contributed by atoms with Crippen LogP contribution in [-0.2, 0) is 0 Å². The molecule has 9 rings (SSSR count). The standard InChI is InChI=1S/C45H27N5O/c46-27-29-18-20-31(21-19-29)35-22-25-39(47-28-35)38-24-23-37-36-16-7-8-17-40(36)51-42(37)41(38)45-49-43(32-12-5-2-6-13-32)48-44(50-45)34-15-9-14-33(26-34)30-10-3-1-4-11-30/h1-26,28H. The number of rotatable bonds is 6. The number of pyridine rings is 1. The average Bonchev–Trinajstić information content (AvgIpc) is 3.60. The Bertz CT molecular complexity index is 2730. The minimum atomic E-state index is 0.488. The molecule has 0 bridgehead atoms. The molecular formula is C45H27N5O. The Morgan fingerprint density at radius 2 is 1.10 bits per heavy atom. The number of nitriles is 1. The summed E-state index contributed by atoms with van der Waals surface area (Å²) in [5, 5.41) is 11.2. The highest BCUT2D eigenvalue weighted by Crippen LogP contribution is 2.41. The topological polar surface area (TPSA) is 88.5 Å². The van der Waals surface area contributed by atoms with Crippen LogP contribution in [0, 0.1) is 11.3 Å². The summed E-state index contributed by atoms with van der Waals surface area (Å²) in [5.74, 6) is 1.60. The van der Waals surface area contributed by atoms with Crippen molar-refractivity contribution in [1.29, 1.82) is 5.26 Å². The number of fused-ring (bicyclic) bond motifs is 3. The van der Waals surface area contributed by atoms with E-state index >= 15 is 0 Å². The van der Waals surface area contributed by atoms with E-state index in [4.69, 9.17) is 24.4 Å². The van der Waals surface area contributed by atoms with E-state index in [-0.39, 0.29) is 0 Å². The van der Waals surface area contributed by atoms with Crippen molar-refractivity contribution in [3.05, 3.63) is 169 Å². The van der Waals surface area contributed by atoms with Gasteiger partial charge >= 0.3 is 0 Å². The molecular weight excluding hydrogens is 627 g/mol. The van der Waals surface area contributed by atoms with Gasteiger partial charge in [-0.25, -0.2) is 15.0 Å². The second kappa shape index (κ2) is 12.7. The molecule has 3 heterocycles. The molecule has 6 nitrogen and oxygen atoms in total. The lowest BCUT2D eigenvalue weighted by Crippen LogP contribution is -2.02. The number of benzene rings is 6. The first-order chi connectivity index (χ1) is 25.2. The predicted octanol–water partition coefficient (Wildman–Crippen LogP) is 11.0. The molecule has 3 aromatic heterocycles. The van der Waals surface area contributed by atoms with Crippen LogP contribution < -0.4 is 0 Å². The largest absolute Gasteiger partial charge is 0.455 e. The molecule has 6 heteroatoms. The second-order valence-corrected chi connectivity index (χ2v) is 12.2. The minimum absolute atomic E-state index is 0.488. The molecule has 0 saturated heterocycles. The molecule has 0 radical (unpaired) electrons. The summed E-state index contributed by atoms with van der Waals surface area (Å²) in [5.41, 5.74) is 10.3. The van der Waals surface area contributed by atoms with Crippen molar-refractivity contribution in [2.45, 2.75) is 0 Å². The van der Waals surface area contributed by atoms with Gasteiger partial charge in [0.2, 0.25) is 0 Å². The number of nitrogens with zero attached hydrogens (tertiary/aromatic N) is 5. The Morgan fingerprint density at radius 3 is 1.84 bits per heavy atom. The molecule has 6 aromatic carbocycles. The van der Waals surface area contributed by atoms with Gasteiger partial charge in [0.15, 0.2) is 17.5 Å². The summed E-state index contributed by atoms with van der Waals surface area (Å²) >= 11 is 0. The van der Waals surface area contributed by atoms with Gasteiger partial charge in [0.1, 0.15) is 11.2 Å². The van der Waals surface area contributed by atoms with Crippen molar-refractivity contribution >= 4 is 21.9 Å². The summed E-state index contributed by atoms with van der Waals surface area (Å²) in [6.45, 7) is 0. The third-order valence-electron chi connectivity index (χ3n) is 9.05. The van der Waals surface area contributed by atoms with Crippen molar-refractivity contribution in [1.82, 2.24) is 19.9 Å². The Balaban J connectivity index is 1.27. The van der Waals surface area contributed by atoms with Crippen LogP contribution in [0.4, 0.5) is 0 Å². The highest BCUT2D eigenvalue weighted by Gasteiger charge is 2.23. The number of aromatic nitrogens is 4. The van der Waals surface area contributed by atoms with Crippen LogP contribution in [0.15, 0.2) is 168 Å². The van der Waals surface area contributed by atoms with Gasteiger partial charge < -0.3 is 4.42 Å². The van der Waals surface area contributed by atoms with Crippen molar-refractivity contribution in [3.63, 3.8) is 0 Å². The van der Waals surface area contributed by atoms with Crippen LogP contribution in [0.2, 0.25) is 0 Å². The van der Waals surface area contributed by atoms with E-state index < -0.39 is 0 Å². The van der Waals surface area contributed by atoms with Crippen molar-refractivity contribution in [2.24, 2.45) is 0 Å². The summed E-state index contributed by atoms with van der Waals surface area (Å²) in [7, 11) is 0. The van der Waals surface area contributed by atoms with Gasteiger partial charge in [-0.05, 0) is 53.1 Å². The van der Waals surface area contributed by atoms with Gasteiger partial charge in [-0.1, -0.05) is 121 Å². The smallest absolute Gasteiger partial charge is 0.168 e. The maximum Gasteiger partial charge on any atom is 0.168 e. The maximum atomic E-state index is 9.24. The van der Waals surface area contributed by atoms with Crippen molar-refractivity contribution in [3.8, 4) is 73.7 Å². The van der Waals surface area contributed by atoms with Gasteiger partial charge in [-0.2, -0.15) is 5.26 Å². The fourth-order valence-corrected chi connectivity index (χ4v) is 6.49. The normalized spacial score (nSPS) is 11.1. The van der Waals surface area contributed by atoms with Gasteiger partial charge in [-0.15, -0.1) is 0 Å². The van der Waals surface area contributed by atoms with E-state index in [1.165, 1.54) is 0 Å². The summed E-state index contributed by atoms with van der Waals surface area (Å²) in [6.07, 6.45) is 1.85. The van der Waals surface area contributed by atoms with Crippen LogP contribution in [-0.4, -0.2) is 19.9 Å². The molecule has 51 heavy (non-hydrogen) atoms. The molecule has 0 aliphatic heterocycles. The van der Waals surface area contributed by atoms with Gasteiger partial charge in [0.25, 0.3) is 0 Å². The highest BCUT2D eigenvalue weighted by atomic mass is 16.3. The number of para-hydroxylation sites is 1. The zero-order chi connectivity index (χ0) is 34.1. The molecule has 238 valence electrons. The molecule has 0 amide bonds. The zero-order valence-electron chi connectivity index (χ0n) is 27.2. The third kappa shape index (κ3) is 5.59. The SMILES string of the molecule is N#Cc1ccc(-c2ccc(-c3ccc4c(oc5ccccc54)c3-c3nc(-c4ccccc4)nc(-c4cccc(-c5ccccc5)c4)n3)nc2)cc1. The van der Waals surface area contributed by atoms with Crippen molar-refractivity contribution < 1.29 is 4.42 Å².